The first-order valence-corrected chi connectivity index (χ1v) is 8.55. The topological polar surface area (TPSA) is 105 Å². The number of carbonyl (C=O) groups excluding carboxylic acids is 2. The maximum atomic E-state index is 11.0. The van der Waals surface area contributed by atoms with E-state index in [0.29, 0.717) is 17.4 Å². The van der Waals surface area contributed by atoms with Gasteiger partial charge in [-0.3, -0.25) is 9.59 Å². The van der Waals surface area contributed by atoms with Crippen LogP contribution in [0.5, 0.6) is 11.5 Å². The van der Waals surface area contributed by atoms with Crippen LogP contribution in [0.3, 0.4) is 0 Å². The Morgan fingerprint density at radius 1 is 1.12 bits per heavy atom. The third kappa shape index (κ3) is 8.92. The zero-order valence-corrected chi connectivity index (χ0v) is 15.7. The first-order valence-electron chi connectivity index (χ1n) is 8.55. The molecule has 0 saturated carbocycles. The molecule has 0 radical (unpaired) electrons. The summed E-state index contributed by atoms with van der Waals surface area (Å²) in [5, 5.41) is 0. The molecule has 1 atom stereocenters. The number of hydrogen-bond donors (Lipinski definition) is 2. The first kappa shape index (κ1) is 21.3. The van der Waals surface area contributed by atoms with Crippen LogP contribution in [0.15, 0.2) is 35.9 Å². The first-order chi connectivity index (χ1) is 12.3. The summed E-state index contributed by atoms with van der Waals surface area (Å²) in [5.74, 6) is 0.133. The van der Waals surface area contributed by atoms with E-state index in [2.05, 4.69) is 32.9 Å². The second kappa shape index (κ2) is 11.0. The van der Waals surface area contributed by atoms with Crippen LogP contribution < -0.4 is 20.9 Å². The predicted molar refractivity (Wildman–Crippen MR) is 103 cm³/mol. The normalized spacial score (nSPS) is 11.8. The average Bonchev–Trinajstić information content (AvgIpc) is 2.56. The van der Waals surface area contributed by atoms with E-state index >= 15 is 0 Å². The predicted octanol–water partition coefficient (Wildman–Crippen LogP) is 2.81. The Kier molecular flexibility index (Phi) is 8.98. The molecule has 0 aliphatic rings. The fraction of sp³-hybridized carbons (Fsp3) is 0.400. The molecule has 4 N–H and O–H groups in total. The standard InChI is InChI=1S/C20H28N2O4/c1-14(2)5-4-6-15(3)7-8-16-9-10-17(25-12-19(21)23)11-18(16)26-13-20(22)24/h5,7-11,15H,4,6,12-13H2,1-3H3,(H2,21,23)(H2,22,24)/b8-7+. The highest BCUT2D eigenvalue weighted by Gasteiger charge is 2.07. The molecule has 0 bridgehead atoms. The van der Waals surface area contributed by atoms with E-state index < -0.39 is 11.8 Å². The molecule has 0 aliphatic heterocycles. The number of amides is 2. The van der Waals surface area contributed by atoms with Crippen LogP contribution in [0, 0.1) is 5.92 Å². The molecule has 1 unspecified atom stereocenters. The van der Waals surface area contributed by atoms with Crippen molar-refractivity contribution in [2.45, 2.75) is 33.6 Å². The third-order valence-corrected chi connectivity index (χ3v) is 3.51. The lowest BCUT2D eigenvalue weighted by Gasteiger charge is -2.11. The van der Waals surface area contributed by atoms with Crippen LogP contribution in [0.1, 0.15) is 39.2 Å². The van der Waals surface area contributed by atoms with Gasteiger partial charge in [-0.05, 0) is 44.7 Å². The van der Waals surface area contributed by atoms with Gasteiger partial charge in [-0.25, -0.2) is 0 Å². The fourth-order valence-electron chi connectivity index (χ4n) is 2.17. The van der Waals surface area contributed by atoms with Crippen molar-refractivity contribution < 1.29 is 19.1 Å². The summed E-state index contributed by atoms with van der Waals surface area (Å²) in [6.07, 6.45) is 8.32. The van der Waals surface area contributed by atoms with Gasteiger partial charge in [0, 0.05) is 11.6 Å². The fourth-order valence-corrected chi connectivity index (χ4v) is 2.17. The Hall–Kier alpha value is -2.76. The van der Waals surface area contributed by atoms with Gasteiger partial charge in [0.1, 0.15) is 11.5 Å². The van der Waals surface area contributed by atoms with E-state index in [1.165, 1.54) is 5.57 Å². The van der Waals surface area contributed by atoms with Crippen LogP contribution in [-0.2, 0) is 9.59 Å². The zero-order valence-electron chi connectivity index (χ0n) is 15.7. The Bertz CT molecular complexity index is 676. The zero-order chi connectivity index (χ0) is 19.5. The number of rotatable bonds is 11. The third-order valence-electron chi connectivity index (χ3n) is 3.51. The van der Waals surface area contributed by atoms with Crippen molar-refractivity contribution >= 4 is 17.9 Å². The molecule has 6 nitrogen and oxygen atoms in total. The van der Waals surface area contributed by atoms with Gasteiger partial charge in [0.15, 0.2) is 13.2 Å². The molecule has 0 fully saturated rings. The molecular formula is C20H28N2O4. The maximum absolute atomic E-state index is 11.0. The van der Waals surface area contributed by atoms with Crippen molar-refractivity contribution in [2.75, 3.05) is 13.2 Å². The van der Waals surface area contributed by atoms with Crippen molar-refractivity contribution in [2.24, 2.45) is 17.4 Å². The molecule has 1 aromatic rings. The molecule has 0 saturated heterocycles. The number of primary amides is 2. The maximum Gasteiger partial charge on any atom is 0.255 e. The second-order valence-corrected chi connectivity index (χ2v) is 6.40. The van der Waals surface area contributed by atoms with Crippen LogP contribution in [0.25, 0.3) is 6.08 Å². The van der Waals surface area contributed by atoms with Crippen LogP contribution >= 0.6 is 0 Å². The number of ether oxygens (including phenoxy) is 2. The van der Waals surface area contributed by atoms with Crippen LogP contribution in [0.4, 0.5) is 0 Å². The number of allylic oxidation sites excluding steroid dienone is 3. The van der Waals surface area contributed by atoms with Gasteiger partial charge < -0.3 is 20.9 Å². The molecule has 0 spiro atoms. The largest absolute Gasteiger partial charge is 0.484 e. The molecular weight excluding hydrogens is 332 g/mol. The number of nitrogens with two attached hydrogens (primary N) is 2. The van der Waals surface area contributed by atoms with Gasteiger partial charge in [0.25, 0.3) is 11.8 Å². The lowest BCUT2D eigenvalue weighted by atomic mass is 10.0. The molecule has 26 heavy (non-hydrogen) atoms. The van der Waals surface area contributed by atoms with Crippen molar-refractivity contribution in [1.29, 1.82) is 0 Å². The van der Waals surface area contributed by atoms with Gasteiger partial charge in [0.2, 0.25) is 0 Å². The van der Waals surface area contributed by atoms with Gasteiger partial charge >= 0.3 is 0 Å². The Balaban J connectivity index is 2.85. The summed E-state index contributed by atoms with van der Waals surface area (Å²) in [7, 11) is 0. The molecule has 6 heteroatoms. The molecule has 1 aromatic carbocycles. The summed E-state index contributed by atoms with van der Waals surface area (Å²) in [6.45, 7) is 5.85. The van der Waals surface area contributed by atoms with Crippen LogP contribution in [0.2, 0.25) is 0 Å². The lowest BCUT2D eigenvalue weighted by molar-refractivity contribution is -0.120. The van der Waals surface area contributed by atoms with Gasteiger partial charge in [-0.1, -0.05) is 30.7 Å². The summed E-state index contributed by atoms with van der Waals surface area (Å²) in [4.78, 5) is 21.8. The lowest BCUT2D eigenvalue weighted by Crippen LogP contribution is -2.21. The summed E-state index contributed by atoms with van der Waals surface area (Å²) < 4.78 is 10.7. The van der Waals surface area contributed by atoms with Gasteiger partial charge in [0.05, 0.1) is 0 Å². The highest BCUT2D eigenvalue weighted by molar-refractivity contribution is 5.76. The SMILES string of the molecule is CC(C)=CCCC(C)/C=C/c1ccc(OCC(N)=O)cc1OCC(N)=O. The molecule has 142 valence electrons. The van der Waals surface area contributed by atoms with E-state index in [0.717, 1.165) is 18.4 Å². The van der Waals surface area contributed by atoms with E-state index in [-0.39, 0.29) is 13.2 Å². The minimum Gasteiger partial charge on any atom is -0.484 e. The summed E-state index contributed by atoms with van der Waals surface area (Å²) >= 11 is 0. The molecule has 2 amide bonds. The van der Waals surface area contributed by atoms with Crippen molar-refractivity contribution in [1.82, 2.24) is 0 Å². The Labute approximate surface area is 154 Å². The van der Waals surface area contributed by atoms with E-state index in [1.807, 2.05) is 6.08 Å². The van der Waals surface area contributed by atoms with E-state index in [4.69, 9.17) is 20.9 Å². The average molecular weight is 360 g/mol. The number of benzene rings is 1. The highest BCUT2D eigenvalue weighted by Crippen LogP contribution is 2.27. The second-order valence-electron chi connectivity index (χ2n) is 6.40. The monoisotopic (exact) mass is 360 g/mol. The minimum absolute atomic E-state index is 0.230. The molecule has 1 rings (SSSR count). The molecule has 0 aliphatic carbocycles. The summed E-state index contributed by atoms with van der Waals surface area (Å²) in [6, 6.07) is 5.12. The quantitative estimate of drug-likeness (QED) is 0.592. The Morgan fingerprint density at radius 3 is 2.38 bits per heavy atom. The van der Waals surface area contributed by atoms with Gasteiger partial charge in [-0.2, -0.15) is 0 Å². The Morgan fingerprint density at radius 2 is 1.77 bits per heavy atom. The van der Waals surface area contributed by atoms with Crippen LogP contribution in [-0.4, -0.2) is 25.0 Å². The highest BCUT2D eigenvalue weighted by atomic mass is 16.5. The number of carbonyl (C=O) groups is 2. The molecule has 0 aromatic heterocycles. The van der Waals surface area contributed by atoms with E-state index in [9.17, 15) is 9.59 Å². The minimum atomic E-state index is -0.571. The molecule has 0 heterocycles. The van der Waals surface area contributed by atoms with E-state index in [1.54, 1.807) is 18.2 Å². The van der Waals surface area contributed by atoms with Crippen molar-refractivity contribution in [3.05, 3.63) is 41.5 Å². The van der Waals surface area contributed by atoms with Crippen molar-refractivity contribution in [3.63, 3.8) is 0 Å². The summed E-state index contributed by atoms with van der Waals surface area (Å²) in [5.41, 5.74) is 12.3. The smallest absolute Gasteiger partial charge is 0.255 e. The van der Waals surface area contributed by atoms with Gasteiger partial charge in [-0.15, -0.1) is 0 Å². The van der Waals surface area contributed by atoms with Crippen molar-refractivity contribution in [3.8, 4) is 11.5 Å². The number of hydrogen-bond acceptors (Lipinski definition) is 4.